The SMILES string of the molecule is CCOC(=O)c1n[nH]nc1-c1cc(OC)c(OC(C)C(=O)OCC)cc1Cl. The normalized spacial score (nSPS) is 11.6. The van der Waals surface area contributed by atoms with Gasteiger partial charge in [-0.3, -0.25) is 0 Å². The molecule has 27 heavy (non-hydrogen) atoms. The van der Waals surface area contributed by atoms with E-state index in [1.165, 1.54) is 19.2 Å². The molecule has 1 atom stereocenters. The maximum atomic E-state index is 12.0. The van der Waals surface area contributed by atoms with E-state index < -0.39 is 18.0 Å². The topological polar surface area (TPSA) is 113 Å². The Morgan fingerprint density at radius 2 is 1.85 bits per heavy atom. The summed E-state index contributed by atoms with van der Waals surface area (Å²) in [5, 5.41) is 10.4. The van der Waals surface area contributed by atoms with Crippen molar-refractivity contribution in [3.63, 3.8) is 0 Å². The molecule has 0 radical (unpaired) electrons. The van der Waals surface area contributed by atoms with Crippen LogP contribution >= 0.6 is 11.6 Å². The number of rotatable bonds is 8. The van der Waals surface area contributed by atoms with Crippen LogP contribution in [0.4, 0.5) is 0 Å². The fraction of sp³-hybridized carbons (Fsp3) is 0.412. The second kappa shape index (κ2) is 9.22. The Balaban J connectivity index is 2.38. The molecule has 0 amide bonds. The van der Waals surface area contributed by atoms with Crippen LogP contribution in [0.3, 0.4) is 0 Å². The van der Waals surface area contributed by atoms with Crippen molar-refractivity contribution in [3.8, 4) is 22.8 Å². The molecule has 0 saturated carbocycles. The van der Waals surface area contributed by atoms with Gasteiger partial charge in [0.15, 0.2) is 23.3 Å². The minimum absolute atomic E-state index is 0.00522. The van der Waals surface area contributed by atoms with Crippen molar-refractivity contribution in [2.75, 3.05) is 20.3 Å². The number of nitrogens with one attached hydrogen (secondary N) is 1. The minimum atomic E-state index is -0.858. The lowest BCUT2D eigenvalue weighted by atomic mass is 10.1. The monoisotopic (exact) mass is 397 g/mol. The average molecular weight is 398 g/mol. The molecule has 0 aliphatic carbocycles. The van der Waals surface area contributed by atoms with Crippen LogP contribution < -0.4 is 9.47 Å². The first kappa shape index (κ1) is 20.5. The molecule has 2 rings (SSSR count). The minimum Gasteiger partial charge on any atom is -0.493 e. The largest absolute Gasteiger partial charge is 0.493 e. The summed E-state index contributed by atoms with van der Waals surface area (Å²) in [4.78, 5) is 23.8. The third kappa shape index (κ3) is 4.68. The number of hydrogen-bond acceptors (Lipinski definition) is 8. The first-order valence-corrected chi connectivity index (χ1v) is 8.59. The molecule has 0 aliphatic rings. The number of nitrogens with zero attached hydrogens (tertiary/aromatic N) is 2. The second-order valence-corrected chi connectivity index (χ2v) is 5.64. The molecular weight excluding hydrogens is 378 g/mol. The average Bonchev–Trinajstić information content (AvgIpc) is 3.12. The number of H-pyrrole nitrogens is 1. The van der Waals surface area contributed by atoms with Gasteiger partial charge >= 0.3 is 11.9 Å². The van der Waals surface area contributed by atoms with Crippen LogP contribution in [0.25, 0.3) is 11.3 Å². The smallest absolute Gasteiger partial charge is 0.361 e. The number of benzene rings is 1. The van der Waals surface area contributed by atoms with E-state index in [9.17, 15) is 9.59 Å². The van der Waals surface area contributed by atoms with Crippen molar-refractivity contribution >= 4 is 23.5 Å². The van der Waals surface area contributed by atoms with E-state index in [0.717, 1.165) is 0 Å². The first-order chi connectivity index (χ1) is 12.9. The van der Waals surface area contributed by atoms with Gasteiger partial charge in [0.05, 0.1) is 25.3 Å². The van der Waals surface area contributed by atoms with E-state index in [-0.39, 0.29) is 35.4 Å². The van der Waals surface area contributed by atoms with Crippen LogP contribution in [0.2, 0.25) is 5.02 Å². The van der Waals surface area contributed by atoms with Crippen LogP contribution in [0.5, 0.6) is 11.5 Å². The molecule has 0 aliphatic heterocycles. The molecule has 0 spiro atoms. The standard InChI is InChI=1S/C17H20ClN3O6/c1-5-25-16(22)9(3)27-13-8-11(18)10(7-12(13)24-4)14-15(20-21-19-14)17(23)26-6-2/h7-9H,5-6H2,1-4H3,(H,19,20,21). The maximum absolute atomic E-state index is 12.0. The molecule has 1 N–H and O–H groups in total. The van der Waals surface area contributed by atoms with Crippen LogP contribution in [0, 0.1) is 0 Å². The third-order valence-corrected chi connectivity index (χ3v) is 3.76. The van der Waals surface area contributed by atoms with E-state index >= 15 is 0 Å². The number of ether oxygens (including phenoxy) is 4. The summed E-state index contributed by atoms with van der Waals surface area (Å²) in [7, 11) is 1.43. The molecule has 1 aromatic carbocycles. The van der Waals surface area contributed by atoms with Crippen LogP contribution in [0.1, 0.15) is 31.3 Å². The van der Waals surface area contributed by atoms with Gasteiger partial charge in [-0.2, -0.15) is 10.3 Å². The van der Waals surface area contributed by atoms with Gasteiger partial charge in [0.2, 0.25) is 0 Å². The Kier molecular flexibility index (Phi) is 7.00. The second-order valence-electron chi connectivity index (χ2n) is 5.24. The molecular formula is C17H20ClN3O6. The van der Waals surface area contributed by atoms with Crippen LogP contribution in [0.15, 0.2) is 12.1 Å². The number of methoxy groups -OCH3 is 1. The van der Waals surface area contributed by atoms with Crippen molar-refractivity contribution in [1.29, 1.82) is 0 Å². The molecule has 1 unspecified atom stereocenters. The van der Waals surface area contributed by atoms with E-state index in [2.05, 4.69) is 15.4 Å². The Hall–Kier alpha value is -2.81. The molecule has 146 valence electrons. The lowest BCUT2D eigenvalue weighted by Crippen LogP contribution is -2.26. The molecule has 0 fully saturated rings. The first-order valence-electron chi connectivity index (χ1n) is 8.21. The maximum Gasteiger partial charge on any atom is 0.361 e. The third-order valence-electron chi connectivity index (χ3n) is 3.45. The number of hydrogen-bond donors (Lipinski definition) is 1. The van der Waals surface area contributed by atoms with Gasteiger partial charge in [0, 0.05) is 11.6 Å². The van der Waals surface area contributed by atoms with Crippen molar-refractivity contribution in [2.45, 2.75) is 26.9 Å². The number of aromatic amines is 1. The van der Waals surface area contributed by atoms with Gasteiger partial charge in [0.25, 0.3) is 0 Å². The van der Waals surface area contributed by atoms with Crippen LogP contribution in [-0.4, -0.2) is 53.8 Å². The lowest BCUT2D eigenvalue weighted by molar-refractivity contribution is -0.150. The number of esters is 2. The van der Waals surface area contributed by atoms with Crippen molar-refractivity contribution in [2.24, 2.45) is 0 Å². The number of carbonyl (C=O) groups is 2. The Morgan fingerprint density at radius 3 is 2.48 bits per heavy atom. The summed E-state index contributed by atoms with van der Waals surface area (Å²) in [6, 6.07) is 3.01. The zero-order valence-corrected chi connectivity index (χ0v) is 16.1. The Morgan fingerprint density at radius 1 is 1.15 bits per heavy atom. The summed E-state index contributed by atoms with van der Waals surface area (Å²) < 4.78 is 20.8. The zero-order valence-electron chi connectivity index (χ0n) is 15.4. The number of halogens is 1. The molecule has 0 saturated heterocycles. The molecule has 10 heteroatoms. The van der Waals surface area contributed by atoms with Gasteiger partial charge in [-0.05, 0) is 26.8 Å². The van der Waals surface area contributed by atoms with Gasteiger partial charge in [-0.1, -0.05) is 11.6 Å². The highest BCUT2D eigenvalue weighted by molar-refractivity contribution is 6.33. The van der Waals surface area contributed by atoms with Crippen molar-refractivity contribution in [1.82, 2.24) is 15.4 Å². The van der Waals surface area contributed by atoms with E-state index in [0.29, 0.717) is 11.3 Å². The van der Waals surface area contributed by atoms with E-state index in [1.807, 2.05) is 0 Å². The number of carbonyl (C=O) groups excluding carboxylic acids is 2. The quantitative estimate of drug-likeness (QED) is 0.676. The molecule has 9 nitrogen and oxygen atoms in total. The highest BCUT2D eigenvalue weighted by atomic mass is 35.5. The Bertz CT molecular complexity index is 823. The summed E-state index contributed by atoms with van der Waals surface area (Å²) in [6.45, 7) is 5.38. The number of aromatic nitrogens is 3. The highest BCUT2D eigenvalue weighted by Crippen LogP contribution is 2.39. The predicted octanol–water partition coefficient (Wildman–Crippen LogP) is 2.64. The van der Waals surface area contributed by atoms with Crippen LogP contribution in [-0.2, 0) is 14.3 Å². The summed E-state index contributed by atoms with van der Waals surface area (Å²) in [6.07, 6.45) is -0.858. The van der Waals surface area contributed by atoms with Gasteiger partial charge < -0.3 is 18.9 Å². The summed E-state index contributed by atoms with van der Waals surface area (Å²) >= 11 is 6.34. The van der Waals surface area contributed by atoms with Gasteiger partial charge in [-0.15, -0.1) is 5.10 Å². The summed E-state index contributed by atoms with van der Waals surface area (Å²) in [5.74, 6) is -0.607. The lowest BCUT2D eigenvalue weighted by Gasteiger charge is -2.17. The Labute approximate surface area is 160 Å². The fourth-order valence-corrected chi connectivity index (χ4v) is 2.47. The van der Waals surface area contributed by atoms with Gasteiger partial charge in [-0.25, -0.2) is 9.59 Å². The highest BCUT2D eigenvalue weighted by Gasteiger charge is 2.24. The zero-order chi connectivity index (χ0) is 20.0. The van der Waals surface area contributed by atoms with Crippen molar-refractivity contribution in [3.05, 3.63) is 22.8 Å². The van der Waals surface area contributed by atoms with E-state index in [1.54, 1.807) is 20.8 Å². The molecule has 1 heterocycles. The molecule has 1 aromatic heterocycles. The summed E-state index contributed by atoms with van der Waals surface area (Å²) in [5.41, 5.74) is 0.595. The molecule has 2 aromatic rings. The predicted molar refractivity (Wildman–Crippen MR) is 96.1 cm³/mol. The van der Waals surface area contributed by atoms with Crippen molar-refractivity contribution < 1.29 is 28.5 Å². The van der Waals surface area contributed by atoms with Gasteiger partial charge in [0.1, 0.15) is 5.69 Å². The fourth-order valence-electron chi connectivity index (χ4n) is 2.23. The van der Waals surface area contributed by atoms with E-state index in [4.69, 9.17) is 30.5 Å². The molecule has 0 bridgehead atoms.